The number of benzene rings is 2. The molecule has 4 aromatic rings. The maximum atomic E-state index is 4.75. The van der Waals surface area contributed by atoms with Gasteiger partial charge in [-0.3, -0.25) is 20.0 Å². The number of aliphatic imine (C=N–C) groups is 2. The van der Waals surface area contributed by atoms with E-state index in [1.165, 1.54) is 33.4 Å². The molecule has 2 radical (unpaired) electrons. The van der Waals surface area contributed by atoms with Crippen LogP contribution in [-0.2, 0) is 47.0 Å². The summed E-state index contributed by atoms with van der Waals surface area (Å²) in [5.74, 6) is 0. The van der Waals surface area contributed by atoms with Crippen molar-refractivity contribution < 1.29 is 34.1 Å². The third kappa shape index (κ3) is 11.6. The van der Waals surface area contributed by atoms with Gasteiger partial charge in [0.05, 0.1) is 11.4 Å². The molecule has 10 heteroatoms. The topological polar surface area (TPSA) is 50.5 Å². The first kappa shape index (κ1) is 42.7. The summed E-state index contributed by atoms with van der Waals surface area (Å²) in [6.45, 7) is 8.50. The number of halogens is 4. The molecular weight excluding hydrogens is 685 g/mol. The van der Waals surface area contributed by atoms with E-state index < -0.39 is 0 Å². The van der Waals surface area contributed by atoms with Gasteiger partial charge in [0.25, 0.3) is 0 Å². The molecule has 4 rings (SSSR count). The van der Waals surface area contributed by atoms with E-state index in [1.807, 2.05) is 61.2 Å². The van der Waals surface area contributed by atoms with Gasteiger partial charge in [-0.1, -0.05) is 12.1 Å². The fraction of sp³-hybridized carbons (Fsp3) is 0.200. The van der Waals surface area contributed by atoms with Crippen LogP contribution in [0.3, 0.4) is 0 Å². The van der Waals surface area contributed by atoms with E-state index >= 15 is 0 Å². The molecule has 0 saturated heterocycles. The van der Waals surface area contributed by atoms with Gasteiger partial charge in [0.1, 0.15) is 0 Å². The Bertz CT molecular complexity index is 1200. The Kier molecular flexibility index (Phi) is 22.5. The van der Waals surface area contributed by atoms with Crippen LogP contribution in [-0.4, -0.2) is 22.4 Å². The molecule has 4 nitrogen and oxygen atoms in total. The van der Waals surface area contributed by atoms with E-state index in [0.717, 1.165) is 35.6 Å². The van der Waals surface area contributed by atoms with Gasteiger partial charge >= 0.3 is 0 Å². The van der Waals surface area contributed by atoms with E-state index in [-0.39, 0.29) is 83.8 Å². The van der Waals surface area contributed by atoms with Crippen LogP contribution in [0, 0.1) is 27.7 Å². The SMILES string of the molecule is Cc1cc(-c2cc(C)c(N=CCc3ccccn3)c(C)c2)cc(C)c1N=CCc1ccccn1.Cl.Cl.Cl.Cl.[Cu].[Cu]. The summed E-state index contributed by atoms with van der Waals surface area (Å²) in [7, 11) is 0. The Labute approximate surface area is 284 Å². The predicted molar refractivity (Wildman–Crippen MR) is 172 cm³/mol. The molecule has 0 amide bonds. The molecule has 2 heterocycles. The zero-order chi connectivity index (χ0) is 23.9. The molecule has 2 aromatic carbocycles. The van der Waals surface area contributed by atoms with Gasteiger partial charge < -0.3 is 0 Å². The molecule has 0 unspecified atom stereocenters. The van der Waals surface area contributed by atoms with Crippen LogP contribution in [0.4, 0.5) is 11.4 Å². The first-order valence-electron chi connectivity index (χ1n) is 11.6. The average molecular weight is 720 g/mol. The standard InChI is InChI=1S/C30H30N4.4ClH.2Cu/c1-21-17-25(18-22(2)29(21)33-15-11-27-9-5-7-13-31-27)26-19-23(3)30(24(4)20-26)34-16-12-28-10-6-8-14-32-28;;;;;;/h5-10,13-20H,11-12H2,1-4H3;4*1H;;. The quantitative estimate of drug-likeness (QED) is 0.142. The Morgan fingerprint density at radius 1 is 0.550 bits per heavy atom. The molecule has 2 aromatic heterocycles. The van der Waals surface area contributed by atoms with Crippen LogP contribution < -0.4 is 0 Å². The molecule has 0 bridgehead atoms. The molecule has 0 fully saturated rings. The predicted octanol–water partition coefficient (Wildman–Crippen LogP) is 8.95. The second-order valence-corrected chi connectivity index (χ2v) is 8.59. The van der Waals surface area contributed by atoms with E-state index in [9.17, 15) is 0 Å². The molecule has 224 valence electrons. The molecular formula is C30H34Cl4Cu2N4. The molecule has 0 aliphatic carbocycles. The van der Waals surface area contributed by atoms with E-state index in [1.54, 1.807) is 0 Å². The smallest absolute Gasteiger partial charge is 0.0684 e. The average Bonchev–Trinajstić information content (AvgIpc) is 2.83. The second kappa shape index (κ2) is 21.1. The number of hydrogen-bond donors (Lipinski definition) is 0. The van der Waals surface area contributed by atoms with Crippen LogP contribution in [0.15, 0.2) is 83.0 Å². The maximum Gasteiger partial charge on any atom is 0.0684 e. The number of nitrogens with zero attached hydrogens (tertiary/aromatic N) is 4. The summed E-state index contributed by atoms with van der Waals surface area (Å²) in [5, 5.41) is 0. The minimum Gasteiger partial charge on any atom is -0.261 e. The Balaban J connectivity index is -0.00000228. The maximum absolute atomic E-state index is 4.75. The van der Waals surface area contributed by atoms with Crippen LogP contribution in [0.2, 0.25) is 0 Å². The summed E-state index contributed by atoms with van der Waals surface area (Å²) >= 11 is 0. The Morgan fingerprint density at radius 2 is 0.875 bits per heavy atom. The fourth-order valence-electron chi connectivity index (χ4n) is 4.15. The second-order valence-electron chi connectivity index (χ2n) is 8.59. The van der Waals surface area contributed by atoms with Crippen molar-refractivity contribution in [2.75, 3.05) is 0 Å². The van der Waals surface area contributed by atoms with Gasteiger partial charge in [-0.25, -0.2) is 0 Å². The number of hydrogen-bond acceptors (Lipinski definition) is 4. The largest absolute Gasteiger partial charge is 0.261 e. The first-order chi connectivity index (χ1) is 16.5. The number of pyridine rings is 2. The van der Waals surface area contributed by atoms with Gasteiger partial charge in [0.15, 0.2) is 0 Å². The number of aryl methyl sites for hydroxylation is 4. The van der Waals surface area contributed by atoms with Gasteiger partial charge in [-0.05, 0) is 110 Å². The van der Waals surface area contributed by atoms with Crippen molar-refractivity contribution in [3.63, 3.8) is 0 Å². The molecule has 0 aliphatic heterocycles. The van der Waals surface area contributed by atoms with Crippen molar-refractivity contribution in [1.82, 2.24) is 9.97 Å². The number of rotatable bonds is 7. The minimum absolute atomic E-state index is 0. The molecule has 0 spiro atoms. The van der Waals surface area contributed by atoms with Crippen LogP contribution >= 0.6 is 49.6 Å². The fourth-order valence-corrected chi connectivity index (χ4v) is 4.15. The van der Waals surface area contributed by atoms with E-state index in [2.05, 4.69) is 61.9 Å². The van der Waals surface area contributed by atoms with E-state index in [4.69, 9.17) is 9.98 Å². The van der Waals surface area contributed by atoms with Gasteiger partial charge in [-0.15, -0.1) is 49.6 Å². The molecule has 0 saturated carbocycles. The molecule has 0 atom stereocenters. The molecule has 0 aliphatic rings. The van der Waals surface area contributed by atoms with Crippen molar-refractivity contribution in [2.24, 2.45) is 9.98 Å². The Hall–Kier alpha value is -1.72. The number of aromatic nitrogens is 2. The van der Waals surface area contributed by atoms with Gasteiger partial charge in [0, 0.05) is 83.2 Å². The van der Waals surface area contributed by atoms with Crippen LogP contribution in [0.25, 0.3) is 11.1 Å². The van der Waals surface area contributed by atoms with Crippen molar-refractivity contribution in [1.29, 1.82) is 0 Å². The Morgan fingerprint density at radius 3 is 1.15 bits per heavy atom. The summed E-state index contributed by atoms with van der Waals surface area (Å²) in [6.07, 6.45) is 8.97. The van der Waals surface area contributed by atoms with Gasteiger partial charge in [-0.2, -0.15) is 0 Å². The van der Waals surface area contributed by atoms with Crippen molar-refractivity contribution in [3.8, 4) is 11.1 Å². The van der Waals surface area contributed by atoms with Crippen molar-refractivity contribution in [3.05, 3.63) is 107 Å². The molecule has 40 heavy (non-hydrogen) atoms. The summed E-state index contributed by atoms with van der Waals surface area (Å²) in [5.41, 5.74) is 11.2. The van der Waals surface area contributed by atoms with E-state index in [0.29, 0.717) is 0 Å². The van der Waals surface area contributed by atoms with Crippen LogP contribution in [0.1, 0.15) is 33.6 Å². The summed E-state index contributed by atoms with van der Waals surface area (Å²) in [6, 6.07) is 20.8. The summed E-state index contributed by atoms with van der Waals surface area (Å²) < 4.78 is 0. The third-order valence-corrected chi connectivity index (χ3v) is 5.81. The monoisotopic (exact) mass is 716 g/mol. The molecule has 0 N–H and O–H groups in total. The van der Waals surface area contributed by atoms with Crippen molar-refractivity contribution >= 4 is 73.4 Å². The van der Waals surface area contributed by atoms with Crippen molar-refractivity contribution in [2.45, 2.75) is 40.5 Å². The zero-order valence-corrected chi connectivity index (χ0v) is 27.7. The third-order valence-electron chi connectivity index (χ3n) is 5.81. The minimum atomic E-state index is 0. The van der Waals surface area contributed by atoms with Gasteiger partial charge in [0.2, 0.25) is 0 Å². The summed E-state index contributed by atoms with van der Waals surface area (Å²) in [4.78, 5) is 18.2. The zero-order valence-electron chi connectivity index (χ0n) is 22.5. The first-order valence-corrected chi connectivity index (χ1v) is 11.6. The normalized spacial score (nSPS) is 9.80. The van der Waals surface area contributed by atoms with Crippen LogP contribution in [0.5, 0.6) is 0 Å².